The number of aromatic nitrogens is 2. The van der Waals surface area contributed by atoms with Crippen molar-refractivity contribution in [1.82, 2.24) is 9.38 Å². The lowest BCUT2D eigenvalue weighted by atomic mass is 10.2. The molecule has 0 unspecified atom stereocenters. The van der Waals surface area contributed by atoms with Crippen molar-refractivity contribution in [2.75, 3.05) is 0 Å². The predicted molar refractivity (Wildman–Crippen MR) is 92.0 cm³/mol. The van der Waals surface area contributed by atoms with Crippen LogP contribution in [0.2, 0.25) is 0 Å². The van der Waals surface area contributed by atoms with Gasteiger partial charge in [0.1, 0.15) is 11.5 Å². The maximum Gasteiger partial charge on any atom is 0.248 e. The van der Waals surface area contributed by atoms with Gasteiger partial charge in [-0.3, -0.25) is 9.20 Å². The molecule has 7 nitrogen and oxygen atoms in total. The van der Waals surface area contributed by atoms with Crippen LogP contribution in [-0.2, 0) is 0 Å². The molecule has 128 valence electrons. The van der Waals surface area contributed by atoms with E-state index in [-0.39, 0.29) is 0 Å². The third kappa shape index (κ3) is 2.84. The van der Waals surface area contributed by atoms with Crippen molar-refractivity contribution in [2.24, 2.45) is 16.0 Å². The number of primary amides is 1. The molecule has 3 heterocycles. The monoisotopic (exact) mass is 349 g/mol. The van der Waals surface area contributed by atoms with Gasteiger partial charge in [0.05, 0.1) is 12.0 Å². The maximum atomic E-state index is 13.7. The first-order valence-corrected chi connectivity index (χ1v) is 7.65. The summed E-state index contributed by atoms with van der Waals surface area (Å²) in [6.07, 6.45) is 2.79. The van der Waals surface area contributed by atoms with E-state index >= 15 is 0 Å². The van der Waals surface area contributed by atoms with Crippen LogP contribution in [0.3, 0.4) is 0 Å². The number of nitrogens with zero attached hydrogens (tertiary/aromatic N) is 4. The van der Waals surface area contributed by atoms with Gasteiger partial charge in [-0.25, -0.2) is 9.37 Å². The van der Waals surface area contributed by atoms with Crippen LogP contribution in [0.5, 0.6) is 0 Å². The number of hydrogen-bond acceptors (Lipinski definition) is 5. The lowest BCUT2D eigenvalue weighted by Crippen LogP contribution is -2.10. The lowest BCUT2D eigenvalue weighted by Gasteiger charge is -1.98. The van der Waals surface area contributed by atoms with Crippen molar-refractivity contribution in [2.45, 2.75) is 0 Å². The molecule has 0 saturated heterocycles. The highest BCUT2D eigenvalue weighted by molar-refractivity contribution is 5.93. The number of carbonyl (C=O) groups excluding carboxylic acids is 1. The predicted octanol–water partition coefficient (Wildman–Crippen LogP) is 4.25. The number of benzene rings is 1. The van der Waals surface area contributed by atoms with Gasteiger partial charge >= 0.3 is 0 Å². The average Bonchev–Trinajstić information content (AvgIpc) is 3.27. The zero-order valence-corrected chi connectivity index (χ0v) is 13.3. The van der Waals surface area contributed by atoms with Crippen molar-refractivity contribution in [3.63, 3.8) is 0 Å². The fraction of sp³-hybridized carbons (Fsp3) is 0. The molecule has 3 aromatic heterocycles. The quantitative estimate of drug-likeness (QED) is 0.558. The second kappa shape index (κ2) is 6.25. The van der Waals surface area contributed by atoms with E-state index in [1.165, 1.54) is 22.9 Å². The Kier molecular flexibility index (Phi) is 3.77. The van der Waals surface area contributed by atoms with Crippen molar-refractivity contribution in [3.8, 4) is 11.5 Å². The minimum absolute atomic E-state index is 0.327. The SMILES string of the molecule is NC(=O)c1ccc(N=Nc2c(-c3ccco3)nc3ccc(F)cn23)cc1. The van der Waals surface area contributed by atoms with Gasteiger partial charge in [-0.15, -0.1) is 10.2 Å². The van der Waals surface area contributed by atoms with E-state index < -0.39 is 11.7 Å². The summed E-state index contributed by atoms with van der Waals surface area (Å²) in [7, 11) is 0. The minimum atomic E-state index is -0.522. The molecule has 1 aromatic carbocycles. The standard InChI is InChI=1S/C18H12FN5O2/c19-12-5-8-15-21-16(14-2-1-9-26-14)18(24(15)10-12)23-22-13-6-3-11(4-7-13)17(20)25/h1-10H,(H2,20,25). The first-order valence-electron chi connectivity index (χ1n) is 7.65. The molecule has 0 saturated carbocycles. The number of halogens is 1. The smallest absolute Gasteiger partial charge is 0.248 e. The largest absolute Gasteiger partial charge is 0.463 e. The molecular formula is C18H12FN5O2. The van der Waals surface area contributed by atoms with Crippen LogP contribution in [0.1, 0.15) is 10.4 Å². The highest BCUT2D eigenvalue weighted by atomic mass is 19.1. The van der Waals surface area contributed by atoms with Gasteiger partial charge < -0.3 is 10.2 Å². The summed E-state index contributed by atoms with van der Waals surface area (Å²) < 4.78 is 20.5. The molecule has 0 atom stereocenters. The summed E-state index contributed by atoms with van der Waals surface area (Å²) >= 11 is 0. The van der Waals surface area contributed by atoms with E-state index in [9.17, 15) is 9.18 Å². The Balaban J connectivity index is 1.80. The maximum absolute atomic E-state index is 13.7. The fourth-order valence-corrected chi connectivity index (χ4v) is 2.48. The zero-order valence-electron chi connectivity index (χ0n) is 13.3. The van der Waals surface area contributed by atoms with Gasteiger partial charge in [-0.05, 0) is 48.5 Å². The second-order valence-electron chi connectivity index (χ2n) is 5.45. The molecule has 0 aliphatic heterocycles. The normalized spacial score (nSPS) is 11.4. The summed E-state index contributed by atoms with van der Waals surface area (Å²) in [5.74, 6) is -0.130. The zero-order chi connectivity index (χ0) is 18.1. The number of fused-ring (bicyclic) bond motifs is 1. The number of nitrogens with two attached hydrogens (primary N) is 1. The fourth-order valence-electron chi connectivity index (χ4n) is 2.48. The average molecular weight is 349 g/mol. The van der Waals surface area contributed by atoms with Crippen LogP contribution < -0.4 is 5.73 Å². The molecule has 0 fully saturated rings. The van der Waals surface area contributed by atoms with Crippen LogP contribution in [0.15, 0.2) is 75.6 Å². The molecule has 8 heteroatoms. The number of rotatable bonds is 4. The molecular weight excluding hydrogens is 337 g/mol. The minimum Gasteiger partial charge on any atom is -0.463 e. The number of furan rings is 1. The van der Waals surface area contributed by atoms with Crippen molar-refractivity contribution >= 4 is 23.1 Å². The van der Waals surface area contributed by atoms with Crippen molar-refractivity contribution in [3.05, 3.63) is 72.4 Å². The van der Waals surface area contributed by atoms with E-state index in [4.69, 9.17) is 10.2 Å². The van der Waals surface area contributed by atoms with Gasteiger partial charge in [-0.1, -0.05) is 0 Å². The van der Waals surface area contributed by atoms with E-state index in [1.54, 1.807) is 42.5 Å². The number of hydrogen-bond donors (Lipinski definition) is 1. The Hall–Kier alpha value is -3.81. The third-order valence-electron chi connectivity index (χ3n) is 3.72. The van der Waals surface area contributed by atoms with Crippen molar-refractivity contribution < 1.29 is 13.6 Å². The van der Waals surface area contributed by atoms with Crippen LogP contribution in [-0.4, -0.2) is 15.3 Å². The molecule has 26 heavy (non-hydrogen) atoms. The van der Waals surface area contributed by atoms with Crippen LogP contribution in [0.25, 0.3) is 17.1 Å². The molecule has 4 aromatic rings. The topological polar surface area (TPSA) is 98.2 Å². The summed E-state index contributed by atoms with van der Waals surface area (Å²) in [6.45, 7) is 0. The van der Waals surface area contributed by atoms with Gasteiger partial charge in [0.15, 0.2) is 17.3 Å². The van der Waals surface area contributed by atoms with Crippen LogP contribution >= 0.6 is 0 Å². The van der Waals surface area contributed by atoms with Gasteiger partial charge in [0.25, 0.3) is 0 Å². The van der Waals surface area contributed by atoms with Gasteiger partial charge in [-0.2, -0.15) is 0 Å². The molecule has 0 aliphatic carbocycles. The Bertz CT molecular complexity index is 1110. The molecule has 0 radical (unpaired) electrons. The highest BCUT2D eigenvalue weighted by Crippen LogP contribution is 2.32. The first kappa shape index (κ1) is 15.7. The Morgan fingerprint density at radius 3 is 2.62 bits per heavy atom. The Morgan fingerprint density at radius 2 is 1.92 bits per heavy atom. The molecule has 1 amide bonds. The summed E-state index contributed by atoms with van der Waals surface area (Å²) in [5.41, 5.74) is 7.05. The first-order chi connectivity index (χ1) is 12.6. The lowest BCUT2D eigenvalue weighted by molar-refractivity contribution is 0.100. The second-order valence-corrected chi connectivity index (χ2v) is 5.45. The van der Waals surface area contributed by atoms with Crippen LogP contribution in [0.4, 0.5) is 15.9 Å². The third-order valence-corrected chi connectivity index (χ3v) is 3.72. The van der Waals surface area contributed by atoms with E-state index in [2.05, 4.69) is 15.2 Å². The van der Waals surface area contributed by atoms with E-state index in [1.807, 2.05) is 0 Å². The summed E-state index contributed by atoms with van der Waals surface area (Å²) in [6, 6.07) is 12.7. The molecule has 0 spiro atoms. The van der Waals surface area contributed by atoms with E-state index in [0.29, 0.717) is 34.2 Å². The Labute approximate surface area is 146 Å². The molecule has 0 bridgehead atoms. The number of amides is 1. The number of pyridine rings is 1. The summed E-state index contributed by atoms with van der Waals surface area (Å²) in [4.78, 5) is 15.6. The van der Waals surface area contributed by atoms with Gasteiger partial charge in [0.2, 0.25) is 5.91 Å². The number of imidazole rings is 1. The molecule has 0 aliphatic rings. The molecule has 4 rings (SSSR count). The van der Waals surface area contributed by atoms with Gasteiger partial charge in [0, 0.05) is 11.8 Å². The van der Waals surface area contributed by atoms with Crippen molar-refractivity contribution in [1.29, 1.82) is 0 Å². The van der Waals surface area contributed by atoms with E-state index in [0.717, 1.165) is 0 Å². The number of carbonyl (C=O) groups is 1. The number of azo groups is 1. The Morgan fingerprint density at radius 1 is 1.12 bits per heavy atom. The summed E-state index contributed by atoms with van der Waals surface area (Å²) in [5, 5.41) is 8.37. The van der Waals surface area contributed by atoms with Crippen LogP contribution in [0, 0.1) is 5.82 Å². The highest BCUT2D eigenvalue weighted by Gasteiger charge is 2.16. The molecule has 2 N–H and O–H groups in total.